The maximum atomic E-state index is 12.6. The van der Waals surface area contributed by atoms with E-state index in [0.717, 1.165) is 36.3 Å². The Kier molecular flexibility index (Phi) is 4.34. The Bertz CT molecular complexity index is 699. The molecule has 3 rings (SSSR count). The molecule has 0 fully saturated rings. The molecule has 1 heterocycles. The summed E-state index contributed by atoms with van der Waals surface area (Å²) in [4.78, 5) is 14.4. The average Bonchev–Trinajstić information content (AvgIpc) is 2.55. The largest absolute Gasteiger partial charge is 0.376 e. The third-order valence-corrected chi connectivity index (χ3v) is 4.28. The average molecular weight is 315 g/mol. The van der Waals surface area contributed by atoms with Gasteiger partial charge in [-0.25, -0.2) is 0 Å². The number of aryl methyl sites for hydroxylation is 2. The number of nitrogens with zero attached hydrogens (tertiary/aromatic N) is 1. The molecule has 1 N–H and O–H groups in total. The van der Waals surface area contributed by atoms with Crippen molar-refractivity contribution in [2.24, 2.45) is 0 Å². The van der Waals surface area contributed by atoms with Gasteiger partial charge in [0.2, 0.25) is 5.91 Å². The molecule has 0 radical (unpaired) electrons. The van der Waals surface area contributed by atoms with Gasteiger partial charge in [-0.1, -0.05) is 35.9 Å². The standard InChI is InChI=1S/C18H19ClN2O/c1-13-8-9-15(19)11-16(13)20-12-18(22)21-10-4-6-14-5-2-3-7-17(14)21/h2-3,5,7-9,11,20H,4,6,10,12H2,1H3. The molecule has 0 atom stereocenters. The first-order chi connectivity index (χ1) is 10.6. The van der Waals surface area contributed by atoms with Crippen molar-refractivity contribution in [2.75, 3.05) is 23.3 Å². The minimum atomic E-state index is 0.0894. The first-order valence-corrected chi connectivity index (χ1v) is 7.91. The van der Waals surface area contributed by atoms with Gasteiger partial charge in [0.05, 0.1) is 6.54 Å². The van der Waals surface area contributed by atoms with E-state index >= 15 is 0 Å². The normalized spacial score (nSPS) is 13.6. The Hall–Kier alpha value is -2.00. The summed E-state index contributed by atoms with van der Waals surface area (Å²) < 4.78 is 0. The van der Waals surface area contributed by atoms with Crippen LogP contribution in [-0.4, -0.2) is 19.0 Å². The lowest BCUT2D eigenvalue weighted by Crippen LogP contribution is -2.39. The minimum absolute atomic E-state index is 0.0894. The Balaban J connectivity index is 1.72. The molecule has 0 saturated heterocycles. The van der Waals surface area contributed by atoms with Gasteiger partial charge in [0.1, 0.15) is 0 Å². The molecule has 22 heavy (non-hydrogen) atoms. The smallest absolute Gasteiger partial charge is 0.246 e. The van der Waals surface area contributed by atoms with Crippen LogP contribution in [0, 0.1) is 6.92 Å². The van der Waals surface area contributed by atoms with Gasteiger partial charge in [0, 0.05) is 22.9 Å². The number of carbonyl (C=O) groups excluding carboxylic acids is 1. The molecular weight excluding hydrogens is 296 g/mol. The fraction of sp³-hybridized carbons (Fsp3) is 0.278. The van der Waals surface area contributed by atoms with E-state index in [1.165, 1.54) is 5.56 Å². The number of hydrogen-bond donors (Lipinski definition) is 1. The van der Waals surface area contributed by atoms with Crippen molar-refractivity contribution < 1.29 is 4.79 Å². The third kappa shape index (κ3) is 3.09. The highest BCUT2D eigenvalue weighted by molar-refractivity contribution is 6.30. The molecular formula is C18H19ClN2O. The van der Waals surface area contributed by atoms with Crippen LogP contribution >= 0.6 is 11.6 Å². The highest BCUT2D eigenvalue weighted by Gasteiger charge is 2.21. The van der Waals surface area contributed by atoms with E-state index in [1.807, 2.05) is 48.2 Å². The number of carbonyl (C=O) groups is 1. The zero-order valence-corrected chi connectivity index (χ0v) is 13.4. The van der Waals surface area contributed by atoms with Crippen molar-refractivity contribution in [3.05, 3.63) is 58.6 Å². The van der Waals surface area contributed by atoms with E-state index in [4.69, 9.17) is 11.6 Å². The maximum absolute atomic E-state index is 12.6. The monoisotopic (exact) mass is 314 g/mol. The molecule has 1 aliphatic heterocycles. The Morgan fingerprint density at radius 3 is 2.95 bits per heavy atom. The van der Waals surface area contributed by atoms with Crippen LogP contribution in [0.15, 0.2) is 42.5 Å². The number of benzene rings is 2. The van der Waals surface area contributed by atoms with E-state index in [0.29, 0.717) is 5.02 Å². The van der Waals surface area contributed by atoms with Gasteiger partial charge < -0.3 is 10.2 Å². The first kappa shape index (κ1) is 14.9. The Morgan fingerprint density at radius 1 is 1.27 bits per heavy atom. The summed E-state index contributed by atoms with van der Waals surface area (Å²) in [6.45, 7) is 3.06. The van der Waals surface area contributed by atoms with Crippen LogP contribution < -0.4 is 10.2 Å². The van der Waals surface area contributed by atoms with Crippen LogP contribution in [0.2, 0.25) is 5.02 Å². The van der Waals surface area contributed by atoms with Crippen LogP contribution in [0.25, 0.3) is 0 Å². The minimum Gasteiger partial charge on any atom is -0.376 e. The summed E-state index contributed by atoms with van der Waals surface area (Å²) in [5.41, 5.74) is 4.28. The molecule has 2 aromatic rings. The van der Waals surface area contributed by atoms with Crippen LogP contribution in [0.1, 0.15) is 17.5 Å². The van der Waals surface area contributed by atoms with Crippen molar-refractivity contribution in [2.45, 2.75) is 19.8 Å². The summed E-state index contributed by atoms with van der Waals surface area (Å²) >= 11 is 6.01. The van der Waals surface area contributed by atoms with Gasteiger partial charge in [0.25, 0.3) is 0 Å². The number of nitrogens with one attached hydrogen (secondary N) is 1. The summed E-state index contributed by atoms with van der Waals surface area (Å²) in [5.74, 6) is 0.0894. The quantitative estimate of drug-likeness (QED) is 0.927. The summed E-state index contributed by atoms with van der Waals surface area (Å²) in [7, 11) is 0. The summed E-state index contributed by atoms with van der Waals surface area (Å²) in [6, 6.07) is 13.8. The van der Waals surface area contributed by atoms with Gasteiger partial charge in [-0.3, -0.25) is 4.79 Å². The van der Waals surface area contributed by atoms with Gasteiger partial charge in [-0.05, 0) is 49.1 Å². The predicted molar refractivity (Wildman–Crippen MR) is 91.8 cm³/mol. The lowest BCUT2D eigenvalue weighted by molar-refractivity contribution is -0.117. The van der Waals surface area contributed by atoms with Gasteiger partial charge >= 0.3 is 0 Å². The lowest BCUT2D eigenvalue weighted by atomic mass is 10.0. The second kappa shape index (κ2) is 6.41. The van der Waals surface area contributed by atoms with Crippen LogP contribution in [-0.2, 0) is 11.2 Å². The second-order valence-electron chi connectivity index (χ2n) is 5.59. The van der Waals surface area contributed by atoms with Crippen LogP contribution in [0.4, 0.5) is 11.4 Å². The molecule has 0 aromatic heterocycles. The zero-order chi connectivity index (χ0) is 15.5. The van der Waals surface area contributed by atoms with E-state index in [-0.39, 0.29) is 12.5 Å². The molecule has 114 valence electrons. The number of fused-ring (bicyclic) bond motifs is 1. The fourth-order valence-electron chi connectivity index (χ4n) is 2.84. The molecule has 0 bridgehead atoms. The van der Waals surface area contributed by atoms with Gasteiger partial charge in [0.15, 0.2) is 0 Å². The maximum Gasteiger partial charge on any atom is 0.246 e. The Morgan fingerprint density at radius 2 is 2.09 bits per heavy atom. The van der Waals surface area contributed by atoms with Crippen molar-refractivity contribution in [1.29, 1.82) is 0 Å². The van der Waals surface area contributed by atoms with E-state index < -0.39 is 0 Å². The zero-order valence-electron chi connectivity index (χ0n) is 12.6. The molecule has 1 amide bonds. The number of amides is 1. The summed E-state index contributed by atoms with van der Waals surface area (Å²) in [6.07, 6.45) is 2.06. The molecule has 0 saturated carbocycles. The van der Waals surface area contributed by atoms with Crippen molar-refractivity contribution in [1.82, 2.24) is 0 Å². The first-order valence-electron chi connectivity index (χ1n) is 7.53. The van der Waals surface area contributed by atoms with E-state index in [2.05, 4.69) is 11.4 Å². The SMILES string of the molecule is Cc1ccc(Cl)cc1NCC(=O)N1CCCc2ccccc21. The van der Waals surface area contributed by atoms with Gasteiger partial charge in [-0.2, -0.15) is 0 Å². The van der Waals surface area contributed by atoms with Crippen molar-refractivity contribution in [3.8, 4) is 0 Å². The Labute approximate surface area is 135 Å². The van der Waals surface area contributed by atoms with E-state index in [1.54, 1.807) is 0 Å². The fourth-order valence-corrected chi connectivity index (χ4v) is 3.02. The van der Waals surface area contributed by atoms with Crippen molar-refractivity contribution in [3.63, 3.8) is 0 Å². The number of hydrogen-bond acceptors (Lipinski definition) is 2. The third-order valence-electron chi connectivity index (χ3n) is 4.04. The molecule has 0 spiro atoms. The molecule has 4 heteroatoms. The lowest BCUT2D eigenvalue weighted by Gasteiger charge is -2.29. The van der Waals surface area contributed by atoms with Gasteiger partial charge in [-0.15, -0.1) is 0 Å². The number of para-hydroxylation sites is 1. The topological polar surface area (TPSA) is 32.3 Å². The molecule has 0 unspecified atom stereocenters. The molecule has 3 nitrogen and oxygen atoms in total. The molecule has 1 aliphatic rings. The highest BCUT2D eigenvalue weighted by Crippen LogP contribution is 2.27. The predicted octanol–water partition coefficient (Wildman–Crippen LogP) is 4.04. The van der Waals surface area contributed by atoms with Crippen LogP contribution in [0.5, 0.6) is 0 Å². The summed E-state index contributed by atoms with van der Waals surface area (Å²) in [5, 5.41) is 3.88. The highest BCUT2D eigenvalue weighted by atomic mass is 35.5. The molecule has 0 aliphatic carbocycles. The van der Waals surface area contributed by atoms with Crippen molar-refractivity contribution >= 4 is 28.9 Å². The van der Waals surface area contributed by atoms with E-state index in [9.17, 15) is 4.79 Å². The van der Waals surface area contributed by atoms with Crippen LogP contribution in [0.3, 0.4) is 0 Å². The number of rotatable bonds is 3. The number of anilines is 2. The second-order valence-corrected chi connectivity index (χ2v) is 6.03. The number of halogens is 1. The molecule has 2 aromatic carbocycles.